The Morgan fingerprint density at radius 2 is 1.53 bits per heavy atom. The Morgan fingerprint density at radius 3 is 2.00 bits per heavy atom. The minimum absolute atomic E-state index is 0.0770. The Hall–Kier alpha value is 0.335. The molecule has 88 valence electrons. The van der Waals surface area contributed by atoms with E-state index in [1.807, 2.05) is 0 Å². The fraction of sp³-hybridized carbons (Fsp3) is 1.00. The van der Waals surface area contributed by atoms with Crippen LogP contribution >= 0.6 is 11.6 Å². The van der Waals surface area contributed by atoms with E-state index < -0.39 is 0 Å². The third kappa shape index (κ3) is 3.40. The topological polar surface area (TPSA) is 18.5 Å². The van der Waals surface area contributed by atoms with Crippen LogP contribution < -0.4 is 0 Å². The largest absolute Gasteiger partial charge is 0.532 e. The van der Waals surface area contributed by atoms with E-state index in [9.17, 15) is 0 Å². The molecule has 0 aromatic rings. The van der Waals surface area contributed by atoms with E-state index in [2.05, 4.69) is 34.6 Å². The Bertz CT molecular complexity index is 191. The normalized spacial score (nSPS) is 23.4. The fourth-order valence-corrected chi connectivity index (χ4v) is 2.57. The molecule has 0 saturated carbocycles. The first-order valence-corrected chi connectivity index (χ1v) is 6.91. The molecule has 0 aromatic heterocycles. The first-order valence-electron chi connectivity index (χ1n) is 5.86. The Morgan fingerprint density at radius 1 is 1.00 bits per heavy atom. The van der Waals surface area contributed by atoms with Crippen LogP contribution in [0.4, 0.5) is 0 Å². The van der Waals surface area contributed by atoms with Crippen LogP contribution in [0.1, 0.15) is 53.9 Å². The van der Waals surface area contributed by atoms with E-state index in [1.54, 1.807) is 11.6 Å². The average molecular weight is 230 g/mol. The van der Waals surface area contributed by atoms with Crippen LogP contribution in [0.25, 0.3) is 0 Å². The van der Waals surface area contributed by atoms with E-state index in [4.69, 9.17) is 9.31 Å². The van der Waals surface area contributed by atoms with Crippen molar-refractivity contribution in [3.8, 4) is 0 Å². The van der Waals surface area contributed by atoms with Crippen molar-refractivity contribution in [1.29, 1.82) is 0 Å². The van der Waals surface area contributed by atoms with Crippen molar-refractivity contribution >= 4 is 18.0 Å². The summed E-state index contributed by atoms with van der Waals surface area (Å²) in [6.45, 7) is 10.6. The zero-order valence-corrected chi connectivity index (χ0v) is 11.4. The molecular weight excluding hydrogens is 207 g/mol. The number of unbranched alkanes of at least 4 members (excludes halogenated alkanes) is 2. The Balaban J connectivity index is 2.30. The third-order valence-electron chi connectivity index (χ3n) is 3.23. The summed E-state index contributed by atoms with van der Waals surface area (Å²) in [5.41, 5.74) is -0.370. The summed E-state index contributed by atoms with van der Waals surface area (Å²) in [5, 5.41) is 0. The lowest BCUT2D eigenvalue weighted by Crippen LogP contribution is -2.41. The van der Waals surface area contributed by atoms with E-state index in [-0.39, 0.29) is 17.6 Å². The van der Waals surface area contributed by atoms with Gasteiger partial charge in [-0.05, 0) is 39.9 Å². The van der Waals surface area contributed by atoms with Gasteiger partial charge in [0, 0.05) is 0 Å². The second kappa shape index (κ2) is 5.11. The molecule has 0 amide bonds. The van der Waals surface area contributed by atoms with Crippen LogP contribution in [0.15, 0.2) is 0 Å². The van der Waals surface area contributed by atoms with Gasteiger partial charge in [0.05, 0.1) is 11.2 Å². The molecule has 1 saturated heterocycles. The molecule has 2 nitrogen and oxygen atoms in total. The molecule has 0 N–H and O–H groups in total. The molecule has 0 bridgehead atoms. The van der Waals surface area contributed by atoms with Gasteiger partial charge in [0.15, 0.2) is 0 Å². The molecular formula is C11H23BO2S. The molecule has 1 fully saturated rings. The first kappa shape index (κ1) is 13.4. The van der Waals surface area contributed by atoms with E-state index in [0.717, 1.165) is 5.75 Å². The summed E-state index contributed by atoms with van der Waals surface area (Å²) in [6, 6.07) is 0. The lowest BCUT2D eigenvalue weighted by atomic mass is 9.90. The van der Waals surface area contributed by atoms with Crippen molar-refractivity contribution in [2.75, 3.05) is 5.75 Å². The molecule has 1 aliphatic rings. The van der Waals surface area contributed by atoms with Crippen LogP contribution in [-0.4, -0.2) is 23.4 Å². The summed E-state index contributed by atoms with van der Waals surface area (Å²) in [5.74, 6) is 1.13. The summed E-state index contributed by atoms with van der Waals surface area (Å²) in [7, 11) is 0. The van der Waals surface area contributed by atoms with Gasteiger partial charge in [0.1, 0.15) is 0 Å². The van der Waals surface area contributed by atoms with Crippen molar-refractivity contribution in [1.82, 2.24) is 0 Å². The fourth-order valence-electron chi connectivity index (χ4n) is 1.39. The maximum absolute atomic E-state index is 5.88. The minimum Gasteiger partial charge on any atom is -0.394 e. The van der Waals surface area contributed by atoms with Gasteiger partial charge in [-0.1, -0.05) is 19.8 Å². The first-order chi connectivity index (χ1) is 6.89. The average Bonchev–Trinajstić information content (AvgIpc) is 2.30. The summed E-state index contributed by atoms with van der Waals surface area (Å²) < 4.78 is 11.8. The summed E-state index contributed by atoms with van der Waals surface area (Å²) in [6.07, 6.45) is 3.74. The minimum atomic E-state index is -0.185. The smallest absolute Gasteiger partial charge is 0.394 e. The predicted molar refractivity (Wildman–Crippen MR) is 68.1 cm³/mol. The highest BCUT2D eigenvalue weighted by Crippen LogP contribution is 2.39. The van der Waals surface area contributed by atoms with Crippen molar-refractivity contribution < 1.29 is 9.31 Å². The highest BCUT2D eigenvalue weighted by atomic mass is 32.2. The SMILES string of the molecule is CCCCCSB1OC(C)(C)C(C)(C)O1. The summed E-state index contributed by atoms with van der Waals surface area (Å²) >= 11 is 1.78. The van der Waals surface area contributed by atoms with Crippen LogP contribution in [0.5, 0.6) is 0 Å². The predicted octanol–water partition coefficient (Wildman–Crippen LogP) is 3.50. The molecule has 15 heavy (non-hydrogen) atoms. The maximum atomic E-state index is 5.88. The zero-order chi connectivity index (χ0) is 11.5. The molecule has 1 heterocycles. The summed E-state index contributed by atoms with van der Waals surface area (Å²) in [4.78, 5) is 0. The second-order valence-corrected chi connectivity index (χ2v) is 6.25. The molecule has 0 spiro atoms. The van der Waals surface area contributed by atoms with Gasteiger partial charge in [0.25, 0.3) is 0 Å². The van der Waals surface area contributed by atoms with Crippen molar-refractivity contribution in [2.45, 2.75) is 65.1 Å². The maximum Gasteiger partial charge on any atom is 0.532 e. The highest BCUT2D eigenvalue weighted by molar-refractivity contribution is 8.24. The molecule has 0 aliphatic carbocycles. The zero-order valence-electron chi connectivity index (χ0n) is 10.6. The molecule has 4 heteroatoms. The highest BCUT2D eigenvalue weighted by Gasteiger charge is 2.51. The molecule has 0 unspecified atom stereocenters. The van der Waals surface area contributed by atoms with Crippen molar-refractivity contribution in [3.05, 3.63) is 0 Å². The second-order valence-electron chi connectivity index (χ2n) is 5.12. The quantitative estimate of drug-likeness (QED) is 0.532. The van der Waals surface area contributed by atoms with Crippen LogP contribution in [0, 0.1) is 0 Å². The molecule has 0 radical (unpaired) electrons. The lowest BCUT2D eigenvalue weighted by Gasteiger charge is -2.32. The van der Waals surface area contributed by atoms with Crippen LogP contribution in [0.2, 0.25) is 0 Å². The van der Waals surface area contributed by atoms with Gasteiger partial charge < -0.3 is 9.31 Å². The van der Waals surface area contributed by atoms with Gasteiger partial charge in [-0.3, -0.25) is 0 Å². The van der Waals surface area contributed by atoms with Gasteiger partial charge in [0.2, 0.25) is 0 Å². The van der Waals surface area contributed by atoms with Crippen LogP contribution in [0.3, 0.4) is 0 Å². The standard InChI is InChI=1S/C11H23BO2S/c1-6-7-8-9-15-12-13-10(2,3)11(4,5)14-12/h6-9H2,1-5H3. The van der Waals surface area contributed by atoms with Gasteiger partial charge >= 0.3 is 6.40 Å². The molecule has 0 atom stereocenters. The van der Waals surface area contributed by atoms with E-state index >= 15 is 0 Å². The Kier molecular flexibility index (Phi) is 4.56. The van der Waals surface area contributed by atoms with Gasteiger partial charge in [-0.15, -0.1) is 11.6 Å². The van der Waals surface area contributed by atoms with Crippen LogP contribution in [-0.2, 0) is 9.31 Å². The monoisotopic (exact) mass is 230 g/mol. The van der Waals surface area contributed by atoms with E-state index in [0.29, 0.717) is 0 Å². The molecule has 1 aliphatic heterocycles. The van der Waals surface area contributed by atoms with Crippen molar-refractivity contribution in [3.63, 3.8) is 0 Å². The lowest BCUT2D eigenvalue weighted by molar-refractivity contribution is 0.00578. The molecule has 1 rings (SSSR count). The number of hydrogen-bond donors (Lipinski definition) is 0. The third-order valence-corrected chi connectivity index (χ3v) is 4.22. The van der Waals surface area contributed by atoms with Gasteiger partial charge in [-0.2, -0.15) is 0 Å². The number of hydrogen-bond acceptors (Lipinski definition) is 3. The van der Waals surface area contributed by atoms with E-state index in [1.165, 1.54) is 19.3 Å². The Labute approximate surface area is 98.5 Å². The van der Waals surface area contributed by atoms with Crippen molar-refractivity contribution in [2.24, 2.45) is 0 Å². The number of rotatable bonds is 5. The van der Waals surface area contributed by atoms with Gasteiger partial charge in [-0.25, -0.2) is 0 Å². The molecule has 0 aromatic carbocycles.